The molecule has 0 amide bonds. The predicted molar refractivity (Wildman–Crippen MR) is 63.9 cm³/mol. The standard InChI is InChI=1S/C9H14N4O5S/c1-5(8(14)15)19(16,17)13-9-12-11-7(18-9)6-3-2-4-10-6/h5-6,10H,2-4H2,1H3,(H,12,13)(H,14,15). The van der Waals surface area contributed by atoms with Gasteiger partial charge in [-0.1, -0.05) is 5.10 Å². The average Bonchev–Trinajstić information content (AvgIpc) is 2.96. The number of sulfonamides is 1. The van der Waals surface area contributed by atoms with E-state index in [1.165, 1.54) is 0 Å². The van der Waals surface area contributed by atoms with E-state index in [0.29, 0.717) is 0 Å². The number of rotatable bonds is 5. The SMILES string of the molecule is CC(C(=O)O)S(=O)(=O)Nc1nnc(C2CCCN2)o1. The van der Waals surface area contributed by atoms with E-state index in [2.05, 4.69) is 15.5 Å². The van der Waals surface area contributed by atoms with Crippen LogP contribution in [0.3, 0.4) is 0 Å². The number of nitrogens with zero attached hydrogens (tertiary/aromatic N) is 2. The molecule has 2 heterocycles. The maximum atomic E-state index is 11.6. The third kappa shape index (κ3) is 3.01. The lowest BCUT2D eigenvalue weighted by molar-refractivity contribution is -0.136. The topological polar surface area (TPSA) is 134 Å². The fourth-order valence-electron chi connectivity index (χ4n) is 1.65. The van der Waals surface area contributed by atoms with E-state index in [9.17, 15) is 13.2 Å². The minimum atomic E-state index is -4.09. The molecule has 19 heavy (non-hydrogen) atoms. The summed E-state index contributed by atoms with van der Waals surface area (Å²) < 4.78 is 30.4. The lowest BCUT2D eigenvalue weighted by atomic mass is 10.2. The van der Waals surface area contributed by atoms with Gasteiger partial charge in [0.15, 0.2) is 5.25 Å². The first-order valence-electron chi connectivity index (χ1n) is 5.71. The molecule has 1 fully saturated rings. The third-order valence-corrected chi connectivity index (χ3v) is 4.43. The van der Waals surface area contributed by atoms with Gasteiger partial charge in [0.05, 0.1) is 6.04 Å². The summed E-state index contributed by atoms with van der Waals surface area (Å²) >= 11 is 0. The summed E-state index contributed by atoms with van der Waals surface area (Å²) in [5.41, 5.74) is 0. The number of carbonyl (C=O) groups is 1. The average molecular weight is 290 g/mol. The molecule has 3 N–H and O–H groups in total. The number of hydrogen-bond acceptors (Lipinski definition) is 7. The Hall–Kier alpha value is -1.68. The lowest BCUT2D eigenvalue weighted by Gasteiger charge is -2.07. The van der Waals surface area contributed by atoms with Crippen LogP contribution >= 0.6 is 0 Å². The molecule has 0 bridgehead atoms. The van der Waals surface area contributed by atoms with Crippen LogP contribution in [-0.2, 0) is 14.8 Å². The number of carboxylic acid groups (broad SMARTS) is 1. The Labute approximate surface area is 109 Å². The molecule has 0 saturated carbocycles. The van der Waals surface area contributed by atoms with Gasteiger partial charge in [0.1, 0.15) is 0 Å². The fraction of sp³-hybridized carbons (Fsp3) is 0.667. The summed E-state index contributed by atoms with van der Waals surface area (Å²) in [5.74, 6) is -1.16. The van der Waals surface area contributed by atoms with Crippen molar-refractivity contribution in [1.29, 1.82) is 0 Å². The van der Waals surface area contributed by atoms with Crippen molar-refractivity contribution in [2.24, 2.45) is 0 Å². The van der Waals surface area contributed by atoms with Gasteiger partial charge in [-0.05, 0) is 26.3 Å². The largest absolute Gasteiger partial charge is 0.480 e. The summed E-state index contributed by atoms with van der Waals surface area (Å²) in [7, 11) is -4.09. The van der Waals surface area contributed by atoms with E-state index in [4.69, 9.17) is 9.52 Å². The maximum Gasteiger partial charge on any atom is 0.329 e. The van der Waals surface area contributed by atoms with Gasteiger partial charge >= 0.3 is 12.0 Å². The van der Waals surface area contributed by atoms with E-state index in [-0.39, 0.29) is 17.9 Å². The van der Waals surface area contributed by atoms with Crippen LogP contribution in [-0.4, -0.2) is 41.5 Å². The van der Waals surface area contributed by atoms with Crippen molar-refractivity contribution < 1.29 is 22.7 Å². The van der Waals surface area contributed by atoms with Gasteiger partial charge in [-0.25, -0.2) is 13.1 Å². The van der Waals surface area contributed by atoms with Crippen molar-refractivity contribution >= 4 is 22.0 Å². The Bertz CT molecular complexity index is 563. The molecule has 1 aromatic heterocycles. The van der Waals surface area contributed by atoms with Gasteiger partial charge < -0.3 is 14.8 Å². The Kier molecular flexibility index (Phi) is 3.71. The second-order valence-electron chi connectivity index (χ2n) is 4.22. The first-order chi connectivity index (χ1) is 8.90. The Morgan fingerprint density at radius 3 is 2.89 bits per heavy atom. The molecule has 9 nitrogen and oxygen atoms in total. The first kappa shape index (κ1) is 13.7. The van der Waals surface area contributed by atoms with Crippen LogP contribution < -0.4 is 10.0 Å². The second kappa shape index (κ2) is 5.13. The summed E-state index contributed by atoms with van der Waals surface area (Å²) in [6.45, 7) is 1.89. The number of aromatic nitrogens is 2. The van der Waals surface area contributed by atoms with Crippen LogP contribution in [0.1, 0.15) is 31.7 Å². The van der Waals surface area contributed by atoms with Gasteiger partial charge in [-0.3, -0.25) is 4.79 Å². The molecule has 1 saturated heterocycles. The van der Waals surface area contributed by atoms with Crippen LogP contribution in [0.15, 0.2) is 4.42 Å². The molecule has 1 aromatic rings. The van der Waals surface area contributed by atoms with Gasteiger partial charge in [0.2, 0.25) is 15.9 Å². The number of aliphatic carboxylic acids is 1. The molecule has 2 rings (SSSR count). The lowest BCUT2D eigenvalue weighted by Crippen LogP contribution is -2.32. The zero-order valence-corrected chi connectivity index (χ0v) is 11.0. The van der Waals surface area contributed by atoms with Gasteiger partial charge in [-0.2, -0.15) is 0 Å². The van der Waals surface area contributed by atoms with Crippen LogP contribution in [0.2, 0.25) is 0 Å². The highest BCUT2D eigenvalue weighted by Gasteiger charge is 2.30. The van der Waals surface area contributed by atoms with Crippen molar-refractivity contribution in [2.45, 2.75) is 31.1 Å². The number of anilines is 1. The van der Waals surface area contributed by atoms with Crippen molar-refractivity contribution in [3.63, 3.8) is 0 Å². The van der Waals surface area contributed by atoms with Crippen LogP contribution in [0.5, 0.6) is 0 Å². The molecule has 1 aliphatic rings. The molecular weight excluding hydrogens is 276 g/mol. The molecule has 1 aliphatic heterocycles. The van der Waals surface area contributed by atoms with E-state index >= 15 is 0 Å². The van der Waals surface area contributed by atoms with Crippen molar-refractivity contribution in [3.8, 4) is 0 Å². The number of nitrogens with one attached hydrogen (secondary N) is 2. The summed E-state index contributed by atoms with van der Waals surface area (Å²) in [6, 6.07) is -0.403. The van der Waals surface area contributed by atoms with Crippen LogP contribution in [0, 0.1) is 0 Å². The normalized spacial score (nSPS) is 21.2. The van der Waals surface area contributed by atoms with E-state index in [1.807, 2.05) is 4.72 Å². The molecule has 2 atom stereocenters. The van der Waals surface area contributed by atoms with E-state index in [1.54, 1.807) is 0 Å². The highest BCUT2D eigenvalue weighted by atomic mass is 32.2. The Morgan fingerprint density at radius 2 is 2.32 bits per heavy atom. The summed E-state index contributed by atoms with van der Waals surface area (Å²) in [4.78, 5) is 10.7. The summed E-state index contributed by atoms with van der Waals surface area (Å²) in [5, 5.41) is 17.5. The highest BCUT2D eigenvalue weighted by molar-refractivity contribution is 7.94. The number of carboxylic acids is 1. The summed E-state index contributed by atoms with van der Waals surface area (Å²) in [6.07, 6.45) is 1.81. The fourth-order valence-corrected chi connectivity index (χ4v) is 2.42. The maximum absolute atomic E-state index is 11.6. The molecule has 2 unspecified atom stereocenters. The zero-order valence-electron chi connectivity index (χ0n) is 10.2. The van der Waals surface area contributed by atoms with Gasteiger partial charge in [0.25, 0.3) is 0 Å². The molecule has 0 aromatic carbocycles. The quantitative estimate of drug-likeness (QED) is 0.673. The van der Waals surface area contributed by atoms with E-state index < -0.39 is 21.2 Å². The predicted octanol–water partition coefficient (Wildman–Crippen LogP) is -0.291. The second-order valence-corrected chi connectivity index (χ2v) is 6.22. The molecule has 106 valence electrons. The first-order valence-corrected chi connectivity index (χ1v) is 7.26. The zero-order chi connectivity index (χ0) is 14.0. The molecular formula is C9H14N4O5S. The minimum absolute atomic E-state index is 0.0809. The molecule has 0 aliphatic carbocycles. The Morgan fingerprint density at radius 1 is 1.58 bits per heavy atom. The van der Waals surface area contributed by atoms with Gasteiger partial charge in [-0.15, -0.1) is 5.10 Å². The van der Waals surface area contributed by atoms with Crippen LogP contribution in [0.25, 0.3) is 0 Å². The van der Waals surface area contributed by atoms with Crippen molar-refractivity contribution in [2.75, 3.05) is 11.3 Å². The third-order valence-electron chi connectivity index (χ3n) is 2.84. The monoisotopic (exact) mass is 290 g/mol. The Balaban J connectivity index is 2.09. The minimum Gasteiger partial charge on any atom is -0.480 e. The van der Waals surface area contributed by atoms with Crippen molar-refractivity contribution in [1.82, 2.24) is 15.5 Å². The number of hydrogen-bond donors (Lipinski definition) is 3. The smallest absolute Gasteiger partial charge is 0.329 e. The van der Waals surface area contributed by atoms with Crippen molar-refractivity contribution in [3.05, 3.63) is 5.89 Å². The molecule has 10 heteroatoms. The molecule has 0 radical (unpaired) electrons. The van der Waals surface area contributed by atoms with Crippen LogP contribution in [0.4, 0.5) is 6.01 Å². The molecule has 0 spiro atoms. The van der Waals surface area contributed by atoms with Gasteiger partial charge in [0, 0.05) is 0 Å². The highest BCUT2D eigenvalue weighted by Crippen LogP contribution is 2.23. The van der Waals surface area contributed by atoms with E-state index in [0.717, 1.165) is 26.3 Å².